The van der Waals surface area contributed by atoms with Crippen LogP contribution in [0.2, 0.25) is 0 Å². The number of hydrogen-bond donors (Lipinski definition) is 4. The number of nitrogens with one attached hydrogen (secondary N) is 2. The molecule has 0 saturated heterocycles. The van der Waals surface area contributed by atoms with Crippen molar-refractivity contribution >= 4 is 29.3 Å². The number of rotatable bonds is 9. The SMILES string of the molecule is CC1(C)OC(=O)c2ccc(Nc3ncc(C(=O)N(N)Cc4ccccn4)c(NC(CO)c4ccccc4)n3)cc21. The number of cyclic esters (lactones) is 1. The first-order valence-corrected chi connectivity index (χ1v) is 12.7. The highest BCUT2D eigenvalue weighted by molar-refractivity contribution is 5.98. The van der Waals surface area contributed by atoms with Gasteiger partial charge in [0, 0.05) is 23.6 Å². The summed E-state index contributed by atoms with van der Waals surface area (Å²) in [5, 5.41) is 17.5. The molecular weight excluding hydrogens is 510 g/mol. The molecule has 1 atom stereocenters. The van der Waals surface area contributed by atoms with Crippen molar-refractivity contribution in [1.29, 1.82) is 0 Å². The summed E-state index contributed by atoms with van der Waals surface area (Å²) in [4.78, 5) is 38.7. The quantitative estimate of drug-likeness (QED) is 0.107. The molecule has 0 saturated carbocycles. The van der Waals surface area contributed by atoms with Crippen LogP contribution in [0.15, 0.2) is 79.1 Å². The molecule has 11 heteroatoms. The van der Waals surface area contributed by atoms with Gasteiger partial charge in [0.25, 0.3) is 5.91 Å². The number of anilines is 3. The maximum absolute atomic E-state index is 13.4. The fourth-order valence-electron chi connectivity index (χ4n) is 4.45. The molecule has 1 amide bonds. The topological polar surface area (TPSA) is 156 Å². The van der Waals surface area contributed by atoms with Crippen LogP contribution in [0.5, 0.6) is 0 Å². The first-order chi connectivity index (χ1) is 19.2. The third kappa shape index (κ3) is 5.60. The van der Waals surface area contributed by atoms with Crippen LogP contribution in [0.3, 0.4) is 0 Å². The van der Waals surface area contributed by atoms with Gasteiger partial charge in [-0.2, -0.15) is 4.98 Å². The molecule has 3 heterocycles. The Morgan fingerprint density at radius 3 is 2.60 bits per heavy atom. The number of fused-ring (bicyclic) bond motifs is 1. The molecule has 0 radical (unpaired) electrons. The molecule has 4 aromatic rings. The van der Waals surface area contributed by atoms with Gasteiger partial charge in [0.1, 0.15) is 17.0 Å². The van der Waals surface area contributed by atoms with Gasteiger partial charge >= 0.3 is 5.97 Å². The van der Waals surface area contributed by atoms with Crippen molar-refractivity contribution in [2.75, 3.05) is 17.2 Å². The lowest BCUT2D eigenvalue weighted by Gasteiger charge is -2.22. The van der Waals surface area contributed by atoms with E-state index in [-0.39, 0.29) is 36.5 Å². The van der Waals surface area contributed by atoms with Crippen molar-refractivity contribution < 1.29 is 19.4 Å². The van der Waals surface area contributed by atoms with Crippen molar-refractivity contribution in [3.63, 3.8) is 0 Å². The van der Waals surface area contributed by atoms with Crippen LogP contribution in [-0.4, -0.2) is 43.6 Å². The largest absolute Gasteiger partial charge is 0.451 e. The first-order valence-electron chi connectivity index (χ1n) is 12.7. The zero-order valence-electron chi connectivity index (χ0n) is 22.0. The summed E-state index contributed by atoms with van der Waals surface area (Å²) in [7, 11) is 0. The van der Waals surface area contributed by atoms with Crippen molar-refractivity contribution in [1.82, 2.24) is 20.0 Å². The molecule has 0 bridgehead atoms. The van der Waals surface area contributed by atoms with Crippen molar-refractivity contribution in [3.8, 4) is 0 Å². The Hall–Kier alpha value is -4.87. The van der Waals surface area contributed by atoms with Gasteiger partial charge in [-0.15, -0.1) is 0 Å². The van der Waals surface area contributed by atoms with E-state index in [9.17, 15) is 14.7 Å². The zero-order valence-corrected chi connectivity index (χ0v) is 22.0. The van der Waals surface area contributed by atoms with Gasteiger partial charge in [-0.05, 0) is 49.7 Å². The Morgan fingerprint density at radius 1 is 1.10 bits per heavy atom. The van der Waals surface area contributed by atoms with E-state index in [1.54, 1.807) is 30.5 Å². The summed E-state index contributed by atoms with van der Waals surface area (Å²) < 4.78 is 5.46. The standard InChI is InChI=1S/C29H29N7O4/c1-29(2)23-14-19(11-12-21(23)27(39)40-29)33-28-32-15-22(26(38)36(30)16-20-10-6-7-13-31-20)25(35-28)34-24(17-37)18-8-4-3-5-9-18/h3-15,24,37H,16-17,30H2,1-2H3,(H2,32,33,34,35). The highest BCUT2D eigenvalue weighted by atomic mass is 16.6. The predicted octanol–water partition coefficient (Wildman–Crippen LogP) is 3.68. The summed E-state index contributed by atoms with van der Waals surface area (Å²) in [6.45, 7) is 3.47. The van der Waals surface area contributed by atoms with E-state index >= 15 is 0 Å². The number of pyridine rings is 1. The van der Waals surface area contributed by atoms with E-state index < -0.39 is 17.6 Å². The number of aliphatic hydroxyl groups excluding tert-OH is 1. The van der Waals surface area contributed by atoms with Gasteiger partial charge in [0.05, 0.1) is 30.5 Å². The van der Waals surface area contributed by atoms with Crippen LogP contribution >= 0.6 is 0 Å². The van der Waals surface area contributed by atoms with Gasteiger partial charge in [-0.25, -0.2) is 15.6 Å². The summed E-state index contributed by atoms with van der Waals surface area (Å²) >= 11 is 0. The minimum atomic E-state index is -0.768. The van der Waals surface area contributed by atoms with E-state index in [1.165, 1.54) is 6.20 Å². The van der Waals surface area contributed by atoms with E-state index in [4.69, 9.17) is 10.6 Å². The molecule has 1 unspecified atom stereocenters. The van der Waals surface area contributed by atoms with Gasteiger partial charge < -0.3 is 20.5 Å². The molecule has 5 rings (SSSR count). The number of amides is 1. The second kappa shape index (κ2) is 11.1. The molecule has 204 valence electrons. The highest BCUT2D eigenvalue weighted by Crippen LogP contribution is 2.37. The number of ether oxygens (including phenoxy) is 1. The Morgan fingerprint density at radius 2 is 1.88 bits per heavy atom. The molecule has 0 fully saturated rings. The molecule has 1 aliphatic heterocycles. The fraction of sp³-hybridized carbons (Fsp3) is 0.207. The third-order valence-electron chi connectivity index (χ3n) is 6.53. The summed E-state index contributed by atoms with van der Waals surface area (Å²) in [6, 6.07) is 19.3. The van der Waals surface area contributed by atoms with Gasteiger partial charge in [-0.3, -0.25) is 14.8 Å². The molecule has 2 aromatic heterocycles. The Kier molecular flexibility index (Phi) is 7.41. The molecule has 1 aliphatic rings. The molecule has 11 nitrogen and oxygen atoms in total. The summed E-state index contributed by atoms with van der Waals surface area (Å²) in [6.07, 6.45) is 3.00. The number of nitrogens with two attached hydrogens (primary N) is 1. The van der Waals surface area contributed by atoms with Crippen LogP contribution < -0.4 is 16.5 Å². The number of esters is 1. The Balaban J connectivity index is 1.46. The smallest absolute Gasteiger partial charge is 0.339 e. The molecule has 40 heavy (non-hydrogen) atoms. The fourth-order valence-corrected chi connectivity index (χ4v) is 4.45. The van der Waals surface area contributed by atoms with Crippen LogP contribution in [0.1, 0.15) is 57.4 Å². The molecule has 0 spiro atoms. The van der Waals surface area contributed by atoms with Crippen LogP contribution in [-0.2, 0) is 16.9 Å². The van der Waals surface area contributed by atoms with Crippen LogP contribution in [0, 0.1) is 0 Å². The van der Waals surface area contributed by atoms with E-state index in [0.29, 0.717) is 16.9 Å². The predicted molar refractivity (Wildman–Crippen MR) is 148 cm³/mol. The number of benzene rings is 2. The Labute approximate surface area is 231 Å². The number of carbonyl (C=O) groups is 2. The lowest BCUT2D eigenvalue weighted by molar-refractivity contribution is 0.00953. The second-order valence-corrected chi connectivity index (χ2v) is 9.79. The van der Waals surface area contributed by atoms with Crippen molar-refractivity contribution in [2.45, 2.75) is 32.0 Å². The van der Waals surface area contributed by atoms with Crippen molar-refractivity contribution in [2.24, 2.45) is 5.84 Å². The maximum Gasteiger partial charge on any atom is 0.339 e. The number of hydrazine groups is 1. The minimum Gasteiger partial charge on any atom is -0.451 e. The summed E-state index contributed by atoms with van der Waals surface area (Å²) in [5.41, 5.74) is 2.65. The zero-order chi connectivity index (χ0) is 28.3. The second-order valence-electron chi connectivity index (χ2n) is 9.79. The Bertz CT molecular complexity index is 1530. The molecule has 0 aliphatic carbocycles. The monoisotopic (exact) mass is 539 g/mol. The normalized spacial score (nSPS) is 14.2. The van der Waals surface area contributed by atoms with Gasteiger partial charge in [-0.1, -0.05) is 36.4 Å². The van der Waals surface area contributed by atoms with Crippen molar-refractivity contribution in [3.05, 3.63) is 107 Å². The maximum atomic E-state index is 13.4. The molecule has 5 N–H and O–H groups in total. The highest BCUT2D eigenvalue weighted by Gasteiger charge is 2.37. The molecular formula is C29H29N7O4. The average Bonchev–Trinajstić information content (AvgIpc) is 3.19. The van der Waals surface area contributed by atoms with Crippen LogP contribution in [0.25, 0.3) is 0 Å². The first kappa shape index (κ1) is 26.7. The lowest BCUT2D eigenvalue weighted by Crippen LogP contribution is -2.37. The summed E-state index contributed by atoms with van der Waals surface area (Å²) in [5.74, 6) is 5.61. The van der Waals surface area contributed by atoms with Crippen LogP contribution in [0.4, 0.5) is 17.5 Å². The third-order valence-corrected chi connectivity index (χ3v) is 6.53. The minimum absolute atomic E-state index is 0.0763. The van der Waals surface area contributed by atoms with Gasteiger partial charge in [0.15, 0.2) is 0 Å². The number of hydrogen-bond acceptors (Lipinski definition) is 10. The number of nitrogens with zero attached hydrogens (tertiary/aromatic N) is 4. The number of aromatic nitrogens is 3. The van der Waals surface area contributed by atoms with E-state index in [0.717, 1.165) is 16.1 Å². The average molecular weight is 540 g/mol. The number of aliphatic hydroxyl groups is 1. The van der Waals surface area contributed by atoms with E-state index in [2.05, 4.69) is 25.6 Å². The number of carbonyl (C=O) groups excluding carboxylic acids is 2. The van der Waals surface area contributed by atoms with E-state index in [1.807, 2.05) is 56.3 Å². The van der Waals surface area contributed by atoms with Gasteiger partial charge in [0.2, 0.25) is 5.95 Å². The molecule has 2 aromatic carbocycles. The lowest BCUT2D eigenvalue weighted by atomic mass is 9.95.